The Balaban J connectivity index is 1.67. The number of nitriles is 1. The molecule has 3 nitrogen and oxygen atoms in total. The molecule has 4 rings (SSSR count). The quantitative estimate of drug-likeness (QED) is 0.365. The minimum atomic E-state index is 0.511. The maximum Gasteiger partial charge on any atom is 0.199 e. The molecule has 180 valence electrons. The predicted octanol–water partition coefficient (Wildman–Crippen LogP) is 7.76. The lowest BCUT2D eigenvalue weighted by Crippen LogP contribution is -2.16. The van der Waals surface area contributed by atoms with Crippen LogP contribution in [0.1, 0.15) is 34.2 Å². The van der Waals surface area contributed by atoms with Crippen LogP contribution in [0.3, 0.4) is 0 Å². The van der Waals surface area contributed by atoms with Gasteiger partial charge in [0.05, 0.1) is 12.5 Å². The summed E-state index contributed by atoms with van der Waals surface area (Å²) in [6.45, 7) is 7.08. The van der Waals surface area contributed by atoms with E-state index in [1.807, 2.05) is 13.1 Å². The fraction of sp³-hybridized carbons (Fsp3) is 0.188. The van der Waals surface area contributed by atoms with Crippen molar-refractivity contribution in [3.05, 3.63) is 129 Å². The van der Waals surface area contributed by atoms with Crippen molar-refractivity contribution in [3.63, 3.8) is 0 Å². The van der Waals surface area contributed by atoms with Crippen LogP contribution in [-0.4, -0.2) is 23.9 Å². The molecule has 0 unspecified atom stereocenters. The monoisotopic (exact) mass is 537 g/mol. The topological polar surface area (TPSA) is 36.0 Å². The first kappa shape index (κ1) is 25.4. The van der Waals surface area contributed by atoms with E-state index in [0.717, 1.165) is 44.0 Å². The van der Waals surface area contributed by atoms with Crippen molar-refractivity contribution in [2.24, 2.45) is 0 Å². The van der Waals surface area contributed by atoms with E-state index >= 15 is 0 Å². The van der Waals surface area contributed by atoms with Gasteiger partial charge in [-0.3, -0.25) is 0 Å². The highest BCUT2D eigenvalue weighted by Crippen LogP contribution is 2.33. The largest absolute Gasteiger partial charge is 0.457 e. The van der Waals surface area contributed by atoms with E-state index in [9.17, 15) is 0 Å². The van der Waals surface area contributed by atoms with Crippen LogP contribution in [0.25, 0.3) is 11.3 Å². The Kier molecular flexibility index (Phi) is 8.03. The van der Waals surface area contributed by atoms with Gasteiger partial charge < -0.3 is 4.74 Å². The van der Waals surface area contributed by atoms with Crippen molar-refractivity contribution in [2.45, 2.75) is 27.2 Å². The normalized spacial score (nSPS) is 15.8. The van der Waals surface area contributed by atoms with Crippen molar-refractivity contribution in [1.29, 1.82) is 5.26 Å². The molecule has 2 aromatic rings. The standard InChI is InChI=1S/C32H30BrN2O/c1-22-6-10-26(18-23(22)2)28-20-30(36-32(21-28)27-11-15-31(33)24(3)19-27)14-9-25-7-12-29(13-8-25)35(4)17-5-16-34/h6-15,18-21H,5,17H2,1-4H3/q+1. The summed E-state index contributed by atoms with van der Waals surface area (Å²) in [7, 11) is 2.00. The van der Waals surface area contributed by atoms with Crippen LogP contribution in [0.5, 0.6) is 0 Å². The number of nitrogens with zero attached hydrogens (tertiary/aromatic N) is 2. The zero-order chi connectivity index (χ0) is 25.7. The van der Waals surface area contributed by atoms with Crippen molar-refractivity contribution >= 4 is 33.0 Å². The van der Waals surface area contributed by atoms with Gasteiger partial charge in [0.25, 0.3) is 0 Å². The molecule has 36 heavy (non-hydrogen) atoms. The molecule has 1 aliphatic carbocycles. The summed E-state index contributed by atoms with van der Waals surface area (Å²) >= 11 is 3.60. The minimum absolute atomic E-state index is 0.511. The molecule has 1 aliphatic heterocycles. The molecule has 0 bridgehead atoms. The van der Waals surface area contributed by atoms with Crippen LogP contribution in [0.4, 0.5) is 0 Å². The van der Waals surface area contributed by atoms with Crippen LogP contribution in [0, 0.1) is 32.1 Å². The molecular weight excluding hydrogens is 508 g/mol. The van der Waals surface area contributed by atoms with E-state index in [1.165, 1.54) is 16.7 Å². The number of halogens is 1. The lowest BCUT2D eigenvalue weighted by molar-refractivity contribution is -0.494. The maximum absolute atomic E-state index is 8.82. The average molecular weight is 539 g/mol. The number of ether oxygens (including phenoxy) is 1. The zero-order valence-electron chi connectivity index (χ0n) is 21.2. The maximum atomic E-state index is 8.82. The van der Waals surface area contributed by atoms with Crippen molar-refractivity contribution < 1.29 is 9.31 Å². The molecule has 0 spiro atoms. The predicted molar refractivity (Wildman–Crippen MR) is 153 cm³/mol. The van der Waals surface area contributed by atoms with E-state index in [1.54, 1.807) is 0 Å². The fourth-order valence-electron chi connectivity index (χ4n) is 4.00. The molecule has 0 N–H and O–H groups in total. The number of allylic oxidation sites excluding steroid dienone is 10. The smallest absolute Gasteiger partial charge is 0.199 e. The Bertz CT molecular complexity index is 1440. The number of hydrogen-bond donors (Lipinski definition) is 0. The van der Waals surface area contributed by atoms with Gasteiger partial charge in [0, 0.05) is 22.2 Å². The Morgan fingerprint density at radius 1 is 0.889 bits per heavy atom. The third-order valence-corrected chi connectivity index (χ3v) is 7.32. The van der Waals surface area contributed by atoms with Crippen LogP contribution >= 0.6 is 15.9 Å². The minimum Gasteiger partial charge on any atom is -0.457 e. The molecule has 0 fully saturated rings. The Morgan fingerprint density at radius 3 is 2.31 bits per heavy atom. The first-order valence-electron chi connectivity index (χ1n) is 12.0. The second-order valence-corrected chi connectivity index (χ2v) is 9.98. The van der Waals surface area contributed by atoms with E-state index in [2.05, 4.69) is 126 Å². The van der Waals surface area contributed by atoms with Gasteiger partial charge in [-0.2, -0.15) is 5.26 Å². The highest BCUT2D eigenvalue weighted by Gasteiger charge is 2.15. The van der Waals surface area contributed by atoms with E-state index in [0.29, 0.717) is 13.0 Å². The van der Waals surface area contributed by atoms with Gasteiger partial charge in [-0.25, -0.2) is 4.58 Å². The lowest BCUT2D eigenvalue weighted by atomic mass is 9.97. The van der Waals surface area contributed by atoms with Gasteiger partial charge in [-0.15, -0.1) is 0 Å². The van der Waals surface area contributed by atoms with Crippen LogP contribution < -0.4 is 0 Å². The summed E-state index contributed by atoms with van der Waals surface area (Å²) in [5, 5.41) is 8.82. The molecule has 0 atom stereocenters. The van der Waals surface area contributed by atoms with Crippen molar-refractivity contribution in [3.8, 4) is 6.07 Å². The van der Waals surface area contributed by atoms with Crippen molar-refractivity contribution in [2.75, 3.05) is 13.6 Å². The average Bonchev–Trinajstić information content (AvgIpc) is 2.89. The van der Waals surface area contributed by atoms with E-state index in [-0.39, 0.29) is 0 Å². The zero-order valence-corrected chi connectivity index (χ0v) is 22.8. The third kappa shape index (κ3) is 6.11. The first-order chi connectivity index (χ1) is 17.3. The first-order valence-corrected chi connectivity index (χ1v) is 12.8. The molecule has 0 saturated heterocycles. The summed E-state index contributed by atoms with van der Waals surface area (Å²) in [5.74, 6) is 1.62. The molecule has 2 aliphatic rings. The third-order valence-electron chi connectivity index (χ3n) is 6.43. The van der Waals surface area contributed by atoms with Crippen LogP contribution in [0.15, 0.2) is 101 Å². The summed E-state index contributed by atoms with van der Waals surface area (Å²) in [4.78, 5) is 0. The number of aryl methyl sites for hydroxylation is 3. The van der Waals surface area contributed by atoms with E-state index < -0.39 is 0 Å². The summed E-state index contributed by atoms with van der Waals surface area (Å²) in [6, 6.07) is 15.1. The molecule has 0 amide bonds. The SMILES string of the molecule is Cc1ccc(C2=CC(=CC=C3C=CC(=[N+](C)CCC#N)C=C3)OC(c3ccc(Br)c(C)c3)=C2)cc1C. The molecular formula is C32H30BrN2O+. The van der Waals surface area contributed by atoms with Gasteiger partial charge in [-0.05, 0) is 96.7 Å². The summed E-state index contributed by atoms with van der Waals surface area (Å²) < 4.78 is 9.53. The number of hydrogen-bond acceptors (Lipinski definition) is 2. The van der Waals surface area contributed by atoms with Gasteiger partial charge in [0.1, 0.15) is 18.6 Å². The second-order valence-electron chi connectivity index (χ2n) is 9.13. The number of rotatable bonds is 5. The second kappa shape index (κ2) is 11.4. The summed E-state index contributed by atoms with van der Waals surface area (Å²) in [5.41, 5.74) is 9.22. The van der Waals surface area contributed by atoms with Crippen LogP contribution in [0.2, 0.25) is 0 Å². The van der Waals surface area contributed by atoms with Crippen LogP contribution in [-0.2, 0) is 4.74 Å². The van der Waals surface area contributed by atoms with E-state index in [4.69, 9.17) is 10.00 Å². The molecule has 2 aromatic carbocycles. The van der Waals surface area contributed by atoms with Gasteiger partial charge >= 0.3 is 0 Å². The fourth-order valence-corrected chi connectivity index (χ4v) is 4.24. The van der Waals surface area contributed by atoms with Crippen molar-refractivity contribution in [1.82, 2.24) is 0 Å². The highest BCUT2D eigenvalue weighted by molar-refractivity contribution is 9.10. The highest BCUT2D eigenvalue weighted by atomic mass is 79.9. The number of benzene rings is 2. The molecule has 4 heteroatoms. The Hall–Kier alpha value is -3.68. The van der Waals surface area contributed by atoms with Gasteiger partial charge in [0.2, 0.25) is 0 Å². The summed E-state index contributed by atoms with van der Waals surface area (Å²) in [6.07, 6.45) is 17.1. The van der Waals surface area contributed by atoms with Gasteiger partial charge in [-0.1, -0.05) is 46.3 Å². The molecule has 0 aromatic heterocycles. The Labute approximate surface area is 222 Å². The molecule has 0 saturated carbocycles. The Morgan fingerprint density at radius 2 is 1.61 bits per heavy atom. The molecule has 1 heterocycles. The van der Waals surface area contributed by atoms with Gasteiger partial charge in [0.15, 0.2) is 12.3 Å². The molecule has 0 radical (unpaired) electrons. The lowest BCUT2D eigenvalue weighted by Gasteiger charge is -2.19.